The highest BCUT2D eigenvalue weighted by molar-refractivity contribution is 6.31. The number of nitrogens with zero attached hydrogens (tertiary/aromatic N) is 2. The van der Waals surface area contributed by atoms with E-state index in [4.69, 9.17) is 21.1 Å². The molecule has 0 aromatic heterocycles. The molecule has 156 valence electrons. The van der Waals surface area contributed by atoms with Gasteiger partial charge in [-0.05, 0) is 23.6 Å². The van der Waals surface area contributed by atoms with Crippen LogP contribution in [0.3, 0.4) is 0 Å². The van der Waals surface area contributed by atoms with Gasteiger partial charge in [0.25, 0.3) is 5.91 Å². The second kappa shape index (κ2) is 8.23. The molecule has 0 bridgehead atoms. The van der Waals surface area contributed by atoms with Crippen molar-refractivity contribution < 1.29 is 29.0 Å². The van der Waals surface area contributed by atoms with Crippen LogP contribution < -0.4 is 9.47 Å². The summed E-state index contributed by atoms with van der Waals surface area (Å²) >= 11 is 6.31. The predicted molar refractivity (Wildman–Crippen MR) is 106 cm³/mol. The van der Waals surface area contributed by atoms with Crippen LogP contribution in [0.4, 0.5) is 4.79 Å². The summed E-state index contributed by atoms with van der Waals surface area (Å²) in [7, 11) is 0. The fourth-order valence-electron chi connectivity index (χ4n) is 3.59. The average Bonchev–Trinajstić information content (AvgIpc) is 3.25. The first kappa shape index (κ1) is 20.0. The number of urea groups is 1. The Morgan fingerprint density at radius 2 is 1.83 bits per heavy atom. The molecule has 9 heteroatoms. The Kier molecular flexibility index (Phi) is 5.50. The lowest BCUT2D eigenvalue weighted by molar-refractivity contribution is -0.141. The van der Waals surface area contributed by atoms with Crippen LogP contribution in [-0.2, 0) is 22.6 Å². The number of amides is 3. The molecule has 3 amide bonds. The number of carbonyl (C=O) groups excluding carboxylic acids is 2. The van der Waals surface area contributed by atoms with E-state index in [-0.39, 0.29) is 19.9 Å². The predicted octanol–water partition coefficient (Wildman–Crippen LogP) is 2.92. The molecule has 2 aliphatic heterocycles. The number of carbonyl (C=O) groups is 3. The van der Waals surface area contributed by atoms with E-state index in [1.54, 1.807) is 12.1 Å². The molecule has 0 aliphatic carbocycles. The van der Waals surface area contributed by atoms with Crippen LogP contribution in [0, 0.1) is 0 Å². The van der Waals surface area contributed by atoms with Crippen molar-refractivity contribution in [2.45, 2.75) is 25.4 Å². The summed E-state index contributed by atoms with van der Waals surface area (Å²) in [5.74, 6) is -0.690. The summed E-state index contributed by atoms with van der Waals surface area (Å²) in [5.41, 5.74) is 1.52. The number of aliphatic carboxylic acids is 1. The lowest BCUT2D eigenvalue weighted by Gasteiger charge is -2.21. The second-order valence-corrected chi connectivity index (χ2v) is 7.45. The van der Waals surface area contributed by atoms with Crippen molar-refractivity contribution in [1.82, 2.24) is 9.80 Å². The Balaban J connectivity index is 1.56. The fourth-order valence-corrected chi connectivity index (χ4v) is 3.81. The normalized spacial score (nSPS) is 17.7. The van der Waals surface area contributed by atoms with E-state index >= 15 is 0 Å². The van der Waals surface area contributed by atoms with Gasteiger partial charge >= 0.3 is 12.0 Å². The average molecular weight is 431 g/mol. The van der Waals surface area contributed by atoms with Gasteiger partial charge in [-0.15, -0.1) is 0 Å². The smallest absolute Gasteiger partial charge is 0.327 e. The van der Waals surface area contributed by atoms with Gasteiger partial charge in [0.05, 0.1) is 6.42 Å². The van der Waals surface area contributed by atoms with E-state index in [1.807, 2.05) is 30.3 Å². The molecule has 4 rings (SSSR count). The van der Waals surface area contributed by atoms with Gasteiger partial charge in [0, 0.05) is 24.2 Å². The molecule has 0 radical (unpaired) electrons. The quantitative estimate of drug-likeness (QED) is 0.678. The number of carboxylic acid groups (broad SMARTS) is 1. The van der Waals surface area contributed by atoms with Gasteiger partial charge in [0.15, 0.2) is 11.5 Å². The summed E-state index contributed by atoms with van der Waals surface area (Å²) in [4.78, 5) is 39.6. The summed E-state index contributed by atoms with van der Waals surface area (Å²) < 4.78 is 10.6. The van der Waals surface area contributed by atoms with E-state index in [0.717, 1.165) is 10.5 Å². The van der Waals surface area contributed by atoms with Gasteiger partial charge in [-0.2, -0.15) is 0 Å². The Bertz CT molecular complexity index is 996. The van der Waals surface area contributed by atoms with Crippen LogP contribution in [0.15, 0.2) is 42.5 Å². The number of halogens is 1. The molecular weight excluding hydrogens is 412 g/mol. The van der Waals surface area contributed by atoms with Crippen LogP contribution in [0.1, 0.15) is 17.5 Å². The maximum absolute atomic E-state index is 13.0. The first-order chi connectivity index (χ1) is 14.4. The zero-order valence-corrected chi connectivity index (χ0v) is 16.7. The zero-order valence-electron chi connectivity index (χ0n) is 15.9. The molecule has 0 saturated carbocycles. The van der Waals surface area contributed by atoms with Gasteiger partial charge in [-0.1, -0.05) is 41.9 Å². The summed E-state index contributed by atoms with van der Waals surface area (Å²) in [6.45, 7) is 0.230. The van der Waals surface area contributed by atoms with Crippen LogP contribution in [0.5, 0.6) is 11.5 Å². The number of rotatable bonds is 7. The SMILES string of the molecule is O=C(O)C[C@H]1C(=O)N(CCc2ccccc2)C(=O)N1Cc1cc2c(cc1Cl)OCO2. The molecule has 1 N–H and O–H groups in total. The Labute approximate surface area is 177 Å². The van der Waals surface area contributed by atoms with Gasteiger partial charge in [-0.3, -0.25) is 14.5 Å². The molecule has 2 aliphatic rings. The lowest BCUT2D eigenvalue weighted by Crippen LogP contribution is -2.36. The van der Waals surface area contributed by atoms with E-state index in [9.17, 15) is 19.5 Å². The maximum Gasteiger partial charge on any atom is 0.327 e. The molecular formula is C21H19ClN2O6. The van der Waals surface area contributed by atoms with Gasteiger partial charge in [0.2, 0.25) is 6.79 Å². The third-order valence-electron chi connectivity index (χ3n) is 5.12. The first-order valence-corrected chi connectivity index (χ1v) is 9.77. The molecule has 1 atom stereocenters. The van der Waals surface area contributed by atoms with E-state index < -0.39 is 30.4 Å². The van der Waals surface area contributed by atoms with Gasteiger partial charge in [-0.25, -0.2) is 4.79 Å². The van der Waals surface area contributed by atoms with Crippen LogP contribution >= 0.6 is 11.6 Å². The molecule has 1 saturated heterocycles. The van der Waals surface area contributed by atoms with Crippen molar-refractivity contribution in [2.75, 3.05) is 13.3 Å². The number of benzene rings is 2. The molecule has 30 heavy (non-hydrogen) atoms. The van der Waals surface area contributed by atoms with E-state index in [0.29, 0.717) is 28.5 Å². The highest BCUT2D eigenvalue weighted by atomic mass is 35.5. The van der Waals surface area contributed by atoms with Crippen molar-refractivity contribution in [1.29, 1.82) is 0 Å². The number of imide groups is 1. The summed E-state index contributed by atoms with van der Waals surface area (Å²) in [5, 5.41) is 9.61. The van der Waals surface area contributed by atoms with Gasteiger partial charge in [0.1, 0.15) is 6.04 Å². The summed E-state index contributed by atoms with van der Waals surface area (Å²) in [6.07, 6.45) is 0.00527. The minimum Gasteiger partial charge on any atom is -0.481 e. The molecule has 2 heterocycles. The van der Waals surface area contributed by atoms with E-state index in [1.165, 1.54) is 4.90 Å². The number of carboxylic acids is 1. The Morgan fingerprint density at radius 3 is 2.53 bits per heavy atom. The largest absolute Gasteiger partial charge is 0.481 e. The molecule has 2 aromatic rings. The highest BCUT2D eigenvalue weighted by Gasteiger charge is 2.45. The number of ether oxygens (including phenoxy) is 2. The van der Waals surface area contributed by atoms with Gasteiger partial charge < -0.3 is 19.5 Å². The molecule has 2 aromatic carbocycles. The zero-order chi connectivity index (χ0) is 21.3. The first-order valence-electron chi connectivity index (χ1n) is 9.40. The van der Waals surface area contributed by atoms with Crippen LogP contribution in [0.2, 0.25) is 5.02 Å². The number of fused-ring (bicyclic) bond motifs is 1. The standard InChI is InChI=1S/C21H19ClN2O6/c22-15-9-18-17(29-12-30-18)8-14(15)11-24-16(10-19(25)26)20(27)23(21(24)28)7-6-13-4-2-1-3-5-13/h1-5,8-9,16H,6-7,10-12H2,(H,25,26)/t16-/m0/s1. The number of hydrogen-bond acceptors (Lipinski definition) is 5. The Hall–Kier alpha value is -3.26. The third-order valence-corrected chi connectivity index (χ3v) is 5.47. The third kappa shape index (κ3) is 3.91. The molecule has 0 spiro atoms. The van der Waals surface area contributed by atoms with Crippen LogP contribution in [-0.4, -0.2) is 52.2 Å². The molecule has 8 nitrogen and oxygen atoms in total. The van der Waals surface area contributed by atoms with Crippen LogP contribution in [0.25, 0.3) is 0 Å². The maximum atomic E-state index is 13.0. The second-order valence-electron chi connectivity index (χ2n) is 7.05. The molecule has 1 fully saturated rings. The van der Waals surface area contributed by atoms with Crippen molar-refractivity contribution in [3.63, 3.8) is 0 Å². The minimum atomic E-state index is -1.16. The summed E-state index contributed by atoms with van der Waals surface area (Å²) in [6, 6.07) is 11.1. The van der Waals surface area contributed by atoms with Crippen molar-refractivity contribution in [3.8, 4) is 11.5 Å². The highest BCUT2D eigenvalue weighted by Crippen LogP contribution is 2.38. The van der Waals surface area contributed by atoms with Crippen molar-refractivity contribution in [3.05, 3.63) is 58.6 Å². The monoisotopic (exact) mass is 430 g/mol. The topological polar surface area (TPSA) is 96.4 Å². The number of hydrogen-bond donors (Lipinski definition) is 1. The van der Waals surface area contributed by atoms with Crippen molar-refractivity contribution >= 4 is 29.5 Å². The van der Waals surface area contributed by atoms with E-state index in [2.05, 4.69) is 0 Å². The minimum absolute atomic E-state index is 0.0141. The lowest BCUT2D eigenvalue weighted by atomic mass is 10.1. The van der Waals surface area contributed by atoms with Crippen molar-refractivity contribution in [2.24, 2.45) is 0 Å². The molecule has 0 unspecified atom stereocenters. The Morgan fingerprint density at radius 1 is 1.13 bits per heavy atom. The fraction of sp³-hybridized carbons (Fsp3) is 0.286.